The number of nitrogens with zero attached hydrogens (tertiary/aromatic N) is 1. The molecule has 1 atom stereocenters. The lowest BCUT2D eigenvalue weighted by Gasteiger charge is -2.13. The summed E-state index contributed by atoms with van der Waals surface area (Å²) in [5, 5.41) is 9.86. The Balaban J connectivity index is 2.50. The van der Waals surface area contributed by atoms with Crippen LogP contribution in [0.15, 0.2) is 30.5 Å². The molecule has 0 saturated carbocycles. The molecule has 0 fully saturated rings. The van der Waals surface area contributed by atoms with Crippen molar-refractivity contribution in [3.8, 4) is 0 Å². The molecular weight excluding hydrogens is 243 g/mol. The van der Waals surface area contributed by atoms with Gasteiger partial charge in [-0.15, -0.1) is 0 Å². The van der Waals surface area contributed by atoms with E-state index in [0.717, 1.165) is 6.07 Å². The van der Waals surface area contributed by atoms with Gasteiger partial charge in [0.2, 0.25) is 0 Å². The third-order valence-corrected chi connectivity index (χ3v) is 2.65. The molecule has 0 bridgehead atoms. The Hall–Kier alpha value is -1.88. The Kier molecular flexibility index (Phi) is 3.34. The minimum Gasteiger partial charge on any atom is -0.382 e. The number of aliphatic hydroxyl groups excluding tert-OH is 1. The summed E-state index contributed by atoms with van der Waals surface area (Å²) in [6.45, 7) is 1.40. The minimum atomic E-state index is -1.64. The Bertz CT molecular complexity index is 586. The molecule has 0 aliphatic rings. The Labute approximate surface area is 102 Å². The molecule has 5 heteroatoms. The van der Waals surface area contributed by atoms with Crippen molar-refractivity contribution >= 4 is 0 Å². The molecule has 2 rings (SSSR count). The van der Waals surface area contributed by atoms with E-state index >= 15 is 0 Å². The molecule has 1 aromatic heterocycles. The summed E-state index contributed by atoms with van der Waals surface area (Å²) in [5.74, 6) is -3.01. The van der Waals surface area contributed by atoms with Gasteiger partial charge in [-0.25, -0.2) is 13.2 Å². The molecule has 2 aromatic rings. The number of aliphatic hydroxyl groups is 1. The van der Waals surface area contributed by atoms with Crippen LogP contribution in [-0.2, 0) is 0 Å². The van der Waals surface area contributed by atoms with Crippen LogP contribution >= 0.6 is 0 Å². The summed E-state index contributed by atoms with van der Waals surface area (Å²) >= 11 is 0. The largest absolute Gasteiger partial charge is 0.382 e. The molecule has 0 amide bonds. The molecule has 18 heavy (non-hydrogen) atoms. The predicted molar refractivity (Wildman–Crippen MR) is 59.4 cm³/mol. The highest BCUT2D eigenvalue weighted by molar-refractivity contribution is 5.31. The smallest absolute Gasteiger partial charge is 0.165 e. The lowest BCUT2D eigenvalue weighted by molar-refractivity contribution is 0.202. The van der Waals surface area contributed by atoms with Gasteiger partial charge in [0.1, 0.15) is 17.6 Å². The van der Waals surface area contributed by atoms with E-state index in [9.17, 15) is 18.3 Å². The normalized spacial score (nSPS) is 12.5. The van der Waals surface area contributed by atoms with Crippen LogP contribution in [0.5, 0.6) is 0 Å². The molecule has 2 nitrogen and oxygen atoms in total. The summed E-state index contributed by atoms with van der Waals surface area (Å²) in [5.41, 5.74) is -0.555. The van der Waals surface area contributed by atoms with Gasteiger partial charge in [0, 0.05) is 11.8 Å². The zero-order valence-electron chi connectivity index (χ0n) is 9.49. The van der Waals surface area contributed by atoms with Crippen LogP contribution in [0.2, 0.25) is 0 Å². The van der Waals surface area contributed by atoms with E-state index in [1.807, 2.05) is 0 Å². The number of benzene rings is 1. The molecule has 94 valence electrons. The van der Waals surface area contributed by atoms with Crippen molar-refractivity contribution < 1.29 is 18.3 Å². The molecule has 0 aliphatic heterocycles. The van der Waals surface area contributed by atoms with Crippen molar-refractivity contribution in [3.63, 3.8) is 0 Å². The number of pyridine rings is 1. The van der Waals surface area contributed by atoms with E-state index in [4.69, 9.17) is 0 Å². The summed E-state index contributed by atoms with van der Waals surface area (Å²) in [6.07, 6.45) is -0.370. The number of hydrogen-bond donors (Lipinski definition) is 1. The van der Waals surface area contributed by atoms with Gasteiger partial charge < -0.3 is 5.11 Å². The second kappa shape index (κ2) is 4.78. The number of rotatable bonds is 2. The Morgan fingerprint density at radius 2 is 1.83 bits per heavy atom. The Morgan fingerprint density at radius 3 is 2.50 bits per heavy atom. The van der Waals surface area contributed by atoms with Crippen LogP contribution in [0, 0.1) is 24.4 Å². The summed E-state index contributed by atoms with van der Waals surface area (Å²) in [4.78, 5) is 3.63. The fraction of sp³-hybridized carbons (Fsp3) is 0.154. The quantitative estimate of drug-likeness (QED) is 0.892. The predicted octanol–water partition coefficient (Wildman–Crippen LogP) is 2.89. The van der Waals surface area contributed by atoms with Crippen LogP contribution in [0.1, 0.15) is 22.9 Å². The molecule has 0 spiro atoms. The molecule has 1 aromatic carbocycles. The number of aryl methyl sites for hydroxylation is 1. The highest BCUT2D eigenvalue weighted by Gasteiger charge is 2.22. The molecule has 1 N–H and O–H groups in total. The maximum atomic E-state index is 13.6. The van der Waals surface area contributed by atoms with E-state index < -0.39 is 23.6 Å². The minimum absolute atomic E-state index is 0.116. The van der Waals surface area contributed by atoms with Crippen molar-refractivity contribution in [2.45, 2.75) is 13.0 Å². The van der Waals surface area contributed by atoms with Gasteiger partial charge in [-0.3, -0.25) is 4.98 Å². The third kappa shape index (κ3) is 2.09. The molecule has 0 aliphatic carbocycles. The van der Waals surface area contributed by atoms with Gasteiger partial charge in [0.05, 0.1) is 0 Å². The zero-order chi connectivity index (χ0) is 13.3. The topological polar surface area (TPSA) is 33.1 Å². The first-order valence-corrected chi connectivity index (χ1v) is 5.25. The summed E-state index contributed by atoms with van der Waals surface area (Å²) < 4.78 is 40.4. The van der Waals surface area contributed by atoms with Gasteiger partial charge in [-0.1, -0.05) is 12.1 Å². The summed E-state index contributed by atoms with van der Waals surface area (Å²) in [6, 6.07) is 4.97. The first kappa shape index (κ1) is 12.6. The SMILES string of the molecule is Cc1ccc(C(O)c2ncccc2F)c(F)c1F. The number of aromatic nitrogens is 1. The van der Waals surface area contributed by atoms with Crippen LogP contribution in [0.25, 0.3) is 0 Å². The van der Waals surface area contributed by atoms with E-state index in [-0.39, 0.29) is 16.8 Å². The molecule has 1 heterocycles. The van der Waals surface area contributed by atoms with Crippen LogP contribution in [0.4, 0.5) is 13.2 Å². The van der Waals surface area contributed by atoms with E-state index in [0.29, 0.717) is 0 Å². The standard InChI is InChI=1S/C13H10F3NO/c1-7-4-5-8(11(16)10(7)15)13(18)12-9(14)3-2-6-17-12/h2-6,13,18H,1H3. The van der Waals surface area contributed by atoms with Crippen molar-refractivity contribution in [3.05, 3.63) is 64.7 Å². The van der Waals surface area contributed by atoms with E-state index in [1.165, 1.54) is 31.3 Å². The van der Waals surface area contributed by atoms with Gasteiger partial charge in [0.15, 0.2) is 11.6 Å². The van der Waals surface area contributed by atoms with Crippen LogP contribution in [0.3, 0.4) is 0 Å². The van der Waals surface area contributed by atoms with Gasteiger partial charge >= 0.3 is 0 Å². The maximum Gasteiger partial charge on any atom is 0.165 e. The van der Waals surface area contributed by atoms with Gasteiger partial charge in [-0.2, -0.15) is 0 Å². The van der Waals surface area contributed by atoms with E-state index in [2.05, 4.69) is 4.98 Å². The third-order valence-electron chi connectivity index (χ3n) is 2.65. The zero-order valence-corrected chi connectivity index (χ0v) is 9.49. The van der Waals surface area contributed by atoms with Gasteiger partial charge in [-0.05, 0) is 24.6 Å². The monoisotopic (exact) mass is 253 g/mol. The second-order valence-corrected chi connectivity index (χ2v) is 3.87. The van der Waals surface area contributed by atoms with Crippen molar-refractivity contribution in [2.24, 2.45) is 0 Å². The number of hydrogen-bond acceptors (Lipinski definition) is 2. The highest BCUT2D eigenvalue weighted by atomic mass is 19.2. The van der Waals surface area contributed by atoms with Crippen LogP contribution in [-0.4, -0.2) is 10.1 Å². The van der Waals surface area contributed by atoms with Crippen LogP contribution < -0.4 is 0 Å². The fourth-order valence-corrected chi connectivity index (χ4v) is 1.62. The highest BCUT2D eigenvalue weighted by Crippen LogP contribution is 2.26. The lowest BCUT2D eigenvalue weighted by atomic mass is 10.0. The molecule has 0 radical (unpaired) electrons. The average molecular weight is 253 g/mol. The van der Waals surface area contributed by atoms with Gasteiger partial charge in [0.25, 0.3) is 0 Å². The van der Waals surface area contributed by atoms with Crippen molar-refractivity contribution in [1.29, 1.82) is 0 Å². The Morgan fingerprint density at radius 1 is 1.11 bits per heavy atom. The lowest BCUT2D eigenvalue weighted by Crippen LogP contribution is -2.09. The summed E-state index contributed by atoms with van der Waals surface area (Å²) in [7, 11) is 0. The molecule has 1 unspecified atom stereocenters. The van der Waals surface area contributed by atoms with E-state index in [1.54, 1.807) is 0 Å². The van der Waals surface area contributed by atoms with Crippen molar-refractivity contribution in [2.75, 3.05) is 0 Å². The fourth-order valence-electron chi connectivity index (χ4n) is 1.62. The first-order valence-electron chi connectivity index (χ1n) is 5.25. The molecule has 0 saturated heterocycles. The second-order valence-electron chi connectivity index (χ2n) is 3.87. The molecular formula is C13H10F3NO. The number of halogens is 3. The average Bonchev–Trinajstić information content (AvgIpc) is 2.36. The first-order chi connectivity index (χ1) is 8.52. The van der Waals surface area contributed by atoms with Crippen molar-refractivity contribution in [1.82, 2.24) is 4.98 Å². The maximum absolute atomic E-state index is 13.6.